The summed E-state index contributed by atoms with van der Waals surface area (Å²) in [6.45, 7) is 2.83. The summed E-state index contributed by atoms with van der Waals surface area (Å²) in [7, 11) is 0. The van der Waals surface area contributed by atoms with E-state index in [1.54, 1.807) is 0 Å². The standard InChI is InChI=1S/C33H36N6O6/c1-2-5-27-26(16-20-8-10-21(11-9-20)24-6-3-4-7-25(24)30-36-33(42)45-37-30)31(41)38(32-34-19-35-39(27)32)22-12-14-23(15-13-22)44-29-18-43-17-28(29)40/h3-4,6-11,19,22-23,28-29,40H,2,5,12-18H2,1H3,(H,36,37,42)/t22?,23?,28-,29+/m0/s1. The Morgan fingerprint density at radius 2 is 1.80 bits per heavy atom. The molecule has 1 aliphatic carbocycles. The number of aromatic nitrogens is 6. The number of hydrogen-bond acceptors (Lipinski definition) is 9. The van der Waals surface area contributed by atoms with Gasteiger partial charge in [-0.15, -0.1) is 0 Å². The maximum atomic E-state index is 14.3. The van der Waals surface area contributed by atoms with Crippen molar-refractivity contribution in [1.29, 1.82) is 0 Å². The first-order chi connectivity index (χ1) is 22.0. The molecule has 2 fully saturated rings. The molecule has 0 amide bonds. The minimum Gasteiger partial charge on any atom is -0.388 e. The number of hydrogen-bond donors (Lipinski definition) is 2. The summed E-state index contributed by atoms with van der Waals surface area (Å²) in [5.74, 6) is 0.346. The summed E-state index contributed by atoms with van der Waals surface area (Å²) in [5, 5.41) is 18.5. The zero-order chi connectivity index (χ0) is 30.9. The van der Waals surface area contributed by atoms with Gasteiger partial charge in [0.25, 0.3) is 5.56 Å². The molecule has 12 nitrogen and oxygen atoms in total. The molecule has 4 heterocycles. The van der Waals surface area contributed by atoms with Crippen molar-refractivity contribution in [2.75, 3.05) is 13.2 Å². The molecule has 234 valence electrons. The molecule has 12 heteroatoms. The van der Waals surface area contributed by atoms with Crippen molar-refractivity contribution in [2.45, 2.75) is 76.2 Å². The van der Waals surface area contributed by atoms with Crippen molar-refractivity contribution < 1.29 is 19.1 Å². The lowest BCUT2D eigenvalue weighted by atomic mass is 9.92. The van der Waals surface area contributed by atoms with Gasteiger partial charge in [-0.2, -0.15) is 10.1 Å². The van der Waals surface area contributed by atoms with Crippen molar-refractivity contribution in [3.63, 3.8) is 0 Å². The van der Waals surface area contributed by atoms with Gasteiger partial charge in [0.1, 0.15) is 18.5 Å². The van der Waals surface area contributed by atoms with Crippen LogP contribution in [0.4, 0.5) is 0 Å². The minimum absolute atomic E-state index is 0.0210. The molecule has 45 heavy (non-hydrogen) atoms. The van der Waals surface area contributed by atoms with Gasteiger partial charge in [-0.1, -0.05) is 67.0 Å². The second-order valence-corrected chi connectivity index (χ2v) is 11.9. The van der Waals surface area contributed by atoms with E-state index in [-0.39, 0.29) is 23.8 Å². The average Bonchev–Trinajstić information content (AvgIpc) is 3.82. The van der Waals surface area contributed by atoms with Gasteiger partial charge in [0.15, 0.2) is 5.82 Å². The van der Waals surface area contributed by atoms with Gasteiger partial charge in [0.2, 0.25) is 5.78 Å². The van der Waals surface area contributed by atoms with Crippen LogP contribution in [0.15, 0.2) is 69.0 Å². The van der Waals surface area contributed by atoms with E-state index in [0.29, 0.717) is 37.7 Å². The van der Waals surface area contributed by atoms with E-state index in [0.717, 1.165) is 65.6 Å². The fourth-order valence-corrected chi connectivity index (χ4v) is 6.71. The Bertz CT molecular complexity index is 1900. The van der Waals surface area contributed by atoms with Crippen molar-refractivity contribution >= 4 is 5.78 Å². The molecule has 0 spiro atoms. The molecule has 2 aromatic carbocycles. The Morgan fingerprint density at radius 3 is 2.49 bits per heavy atom. The SMILES string of the molecule is CCCc1c(Cc2ccc(-c3ccccc3-c3noc(=O)[nH]3)cc2)c(=O)n(C2CCC(O[C@@H]3COC[C@@H]3O)CC2)c2ncnn12. The third-order valence-corrected chi connectivity index (χ3v) is 8.96. The highest BCUT2D eigenvalue weighted by Gasteiger charge is 2.33. The van der Waals surface area contributed by atoms with E-state index in [4.69, 9.17) is 14.0 Å². The number of aliphatic hydroxyl groups excluding tert-OH is 1. The normalized spacial score (nSPS) is 21.9. The highest BCUT2D eigenvalue weighted by atomic mass is 16.6. The van der Waals surface area contributed by atoms with Gasteiger partial charge in [-0.25, -0.2) is 9.31 Å². The largest absolute Gasteiger partial charge is 0.439 e. The van der Waals surface area contributed by atoms with Crippen molar-refractivity contribution in [3.8, 4) is 22.5 Å². The number of H-pyrrole nitrogens is 1. The van der Waals surface area contributed by atoms with Crippen LogP contribution < -0.4 is 11.3 Å². The van der Waals surface area contributed by atoms with Crippen LogP contribution in [0.2, 0.25) is 0 Å². The number of fused-ring (bicyclic) bond motifs is 1. The van der Waals surface area contributed by atoms with E-state index < -0.39 is 11.9 Å². The highest BCUT2D eigenvalue weighted by molar-refractivity contribution is 5.80. The molecule has 2 atom stereocenters. The van der Waals surface area contributed by atoms with Gasteiger partial charge in [-0.05, 0) is 48.8 Å². The maximum Gasteiger partial charge on any atom is 0.439 e. The minimum atomic E-state index is -0.603. The molecule has 1 saturated heterocycles. The lowest BCUT2D eigenvalue weighted by Gasteiger charge is -2.32. The number of ether oxygens (including phenoxy) is 2. The van der Waals surface area contributed by atoms with Gasteiger partial charge >= 0.3 is 5.76 Å². The van der Waals surface area contributed by atoms with Crippen LogP contribution in [0.1, 0.15) is 61.9 Å². The van der Waals surface area contributed by atoms with Crippen LogP contribution in [-0.2, 0) is 22.3 Å². The van der Waals surface area contributed by atoms with Crippen LogP contribution in [0, 0.1) is 0 Å². The van der Waals surface area contributed by atoms with E-state index in [1.807, 2.05) is 57.6 Å². The number of rotatable bonds is 9. The van der Waals surface area contributed by atoms with Crippen LogP contribution >= 0.6 is 0 Å². The summed E-state index contributed by atoms with van der Waals surface area (Å²) >= 11 is 0. The zero-order valence-electron chi connectivity index (χ0n) is 25.1. The number of benzene rings is 2. The first kappa shape index (κ1) is 29.3. The average molecular weight is 613 g/mol. The fraction of sp³-hybridized carbons (Fsp3) is 0.424. The van der Waals surface area contributed by atoms with E-state index in [9.17, 15) is 14.7 Å². The second-order valence-electron chi connectivity index (χ2n) is 11.9. The van der Waals surface area contributed by atoms with Gasteiger partial charge in [0.05, 0.1) is 25.0 Å². The predicted octanol–water partition coefficient (Wildman–Crippen LogP) is 3.70. The van der Waals surface area contributed by atoms with Crippen LogP contribution in [0.3, 0.4) is 0 Å². The predicted molar refractivity (Wildman–Crippen MR) is 165 cm³/mol. The zero-order valence-corrected chi connectivity index (χ0v) is 25.1. The topological polar surface area (TPSA) is 150 Å². The summed E-state index contributed by atoms with van der Waals surface area (Å²) in [6, 6.07) is 15.8. The Balaban J connectivity index is 1.17. The monoisotopic (exact) mass is 612 g/mol. The molecule has 2 aliphatic rings. The van der Waals surface area contributed by atoms with E-state index >= 15 is 0 Å². The van der Waals surface area contributed by atoms with Gasteiger partial charge in [-0.3, -0.25) is 18.9 Å². The van der Waals surface area contributed by atoms with Crippen molar-refractivity contribution in [3.05, 3.63) is 92.6 Å². The molecule has 3 aromatic heterocycles. The van der Waals surface area contributed by atoms with Crippen LogP contribution in [0.5, 0.6) is 0 Å². The summed E-state index contributed by atoms with van der Waals surface area (Å²) in [4.78, 5) is 33.1. The number of nitrogens with one attached hydrogen (secondary N) is 1. The molecule has 5 aromatic rings. The van der Waals surface area contributed by atoms with Gasteiger partial charge in [0, 0.05) is 23.6 Å². The molecular weight excluding hydrogens is 576 g/mol. The van der Waals surface area contributed by atoms with Crippen LogP contribution in [-0.4, -0.2) is 65.9 Å². The quantitative estimate of drug-likeness (QED) is 0.254. The lowest BCUT2D eigenvalue weighted by molar-refractivity contribution is -0.0712. The molecule has 1 saturated carbocycles. The third kappa shape index (κ3) is 5.76. The molecule has 2 N–H and O–H groups in total. The second kappa shape index (κ2) is 12.5. The summed E-state index contributed by atoms with van der Waals surface area (Å²) < 4.78 is 19.9. The Labute approximate surface area is 258 Å². The highest BCUT2D eigenvalue weighted by Crippen LogP contribution is 2.33. The number of aliphatic hydroxyl groups is 1. The molecule has 0 bridgehead atoms. The fourth-order valence-electron chi connectivity index (χ4n) is 6.71. The third-order valence-electron chi connectivity index (χ3n) is 8.96. The van der Waals surface area contributed by atoms with Crippen molar-refractivity contribution in [1.82, 2.24) is 29.3 Å². The Morgan fingerprint density at radius 1 is 1.02 bits per heavy atom. The Kier molecular flexibility index (Phi) is 8.18. The number of aryl methyl sites for hydroxylation is 1. The molecule has 0 radical (unpaired) electrons. The molecular formula is C33H36N6O6. The number of nitrogens with zero attached hydrogens (tertiary/aromatic N) is 5. The molecule has 0 unspecified atom stereocenters. The van der Waals surface area contributed by atoms with E-state index in [1.165, 1.54) is 6.33 Å². The molecule has 7 rings (SSSR count). The van der Waals surface area contributed by atoms with Crippen LogP contribution in [0.25, 0.3) is 28.3 Å². The first-order valence-corrected chi connectivity index (χ1v) is 15.6. The summed E-state index contributed by atoms with van der Waals surface area (Å²) in [6.07, 6.45) is 5.83. The smallest absolute Gasteiger partial charge is 0.388 e. The van der Waals surface area contributed by atoms with Gasteiger partial charge < -0.3 is 14.6 Å². The lowest BCUT2D eigenvalue weighted by Crippen LogP contribution is -2.37. The van der Waals surface area contributed by atoms with Crippen molar-refractivity contribution in [2.24, 2.45) is 0 Å². The first-order valence-electron chi connectivity index (χ1n) is 15.6. The maximum absolute atomic E-state index is 14.3. The summed E-state index contributed by atoms with van der Waals surface area (Å²) in [5.41, 5.74) is 5.21. The molecule has 1 aliphatic heterocycles. The Hall–Kier alpha value is -4.39. The van der Waals surface area contributed by atoms with E-state index in [2.05, 4.69) is 27.1 Å². The number of aromatic amines is 1.